The van der Waals surface area contributed by atoms with Gasteiger partial charge in [0.1, 0.15) is 12.2 Å². The van der Waals surface area contributed by atoms with E-state index < -0.39 is 24.6 Å². The summed E-state index contributed by atoms with van der Waals surface area (Å²) in [6.45, 7) is 2.43. The van der Waals surface area contributed by atoms with Crippen molar-refractivity contribution in [1.82, 2.24) is 26.8 Å². The molecule has 0 aromatic heterocycles. The number of amides is 1. The highest BCUT2D eigenvalue weighted by molar-refractivity contribution is 8.00. The van der Waals surface area contributed by atoms with E-state index in [1.807, 2.05) is 0 Å². The Balaban J connectivity index is 1.59. The highest BCUT2D eigenvalue weighted by Crippen LogP contribution is 2.27. The minimum Gasteiger partial charge on any atom is -0.339 e. The lowest BCUT2D eigenvalue weighted by Gasteiger charge is -2.24. The summed E-state index contributed by atoms with van der Waals surface area (Å²) in [5, 5.41) is 9.00. The summed E-state index contributed by atoms with van der Waals surface area (Å²) in [4.78, 5) is 17.0. The summed E-state index contributed by atoms with van der Waals surface area (Å²) in [6.07, 6.45) is -4.60. The van der Waals surface area contributed by atoms with Gasteiger partial charge in [0.05, 0.1) is 18.1 Å². The van der Waals surface area contributed by atoms with Crippen LogP contribution in [-0.4, -0.2) is 60.1 Å². The first kappa shape index (κ1) is 22.6. The molecule has 7 nitrogen and oxygen atoms in total. The fourth-order valence-electron chi connectivity index (χ4n) is 3.64. The molecule has 166 valence electrons. The predicted molar refractivity (Wildman–Crippen MR) is 104 cm³/mol. The van der Waals surface area contributed by atoms with E-state index in [0.717, 1.165) is 5.75 Å². The summed E-state index contributed by atoms with van der Waals surface area (Å²) >= 11 is 1.71. The Morgan fingerprint density at radius 3 is 2.52 bits per heavy atom. The van der Waals surface area contributed by atoms with Gasteiger partial charge in [0, 0.05) is 24.1 Å². The summed E-state index contributed by atoms with van der Waals surface area (Å²) in [7, 11) is 0. The topological polar surface area (TPSA) is 89.6 Å². The molecule has 0 aromatic carbocycles. The van der Waals surface area contributed by atoms with Gasteiger partial charge in [-0.25, -0.2) is 15.2 Å². The van der Waals surface area contributed by atoms with E-state index in [4.69, 9.17) is 0 Å². The van der Waals surface area contributed by atoms with E-state index in [-0.39, 0.29) is 29.6 Å². The van der Waals surface area contributed by atoms with Crippen molar-refractivity contribution in [2.24, 2.45) is 10.9 Å². The van der Waals surface area contributed by atoms with Gasteiger partial charge in [0.15, 0.2) is 5.96 Å². The maximum Gasteiger partial charge on any atom is 0.405 e. The lowest BCUT2D eigenvalue weighted by Crippen LogP contribution is -2.52. The molecular formula is C17H28F4N6OS. The summed E-state index contributed by atoms with van der Waals surface area (Å²) in [6, 6.07) is -1.32. The third-order valence-corrected chi connectivity index (χ3v) is 6.69. The van der Waals surface area contributed by atoms with Gasteiger partial charge in [-0.15, -0.1) is 11.8 Å². The molecule has 1 aliphatic carbocycles. The van der Waals surface area contributed by atoms with Gasteiger partial charge >= 0.3 is 6.18 Å². The molecule has 0 radical (unpaired) electrons. The van der Waals surface area contributed by atoms with E-state index in [1.165, 1.54) is 0 Å². The molecule has 1 saturated carbocycles. The monoisotopic (exact) mass is 440 g/mol. The minimum atomic E-state index is -4.37. The molecule has 0 bridgehead atoms. The van der Waals surface area contributed by atoms with Crippen molar-refractivity contribution in [3.8, 4) is 0 Å². The molecule has 5 N–H and O–H groups in total. The number of nitrogens with one attached hydrogen (secondary N) is 5. The number of guanidine groups is 1. The van der Waals surface area contributed by atoms with Crippen LogP contribution in [0.1, 0.15) is 39.0 Å². The van der Waals surface area contributed by atoms with E-state index in [0.29, 0.717) is 38.3 Å². The molecule has 2 saturated heterocycles. The van der Waals surface area contributed by atoms with E-state index in [1.54, 1.807) is 11.8 Å². The smallest absolute Gasteiger partial charge is 0.339 e. The highest BCUT2D eigenvalue weighted by atomic mass is 32.2. The van der Waals surface area contributed by atoms with E-state index in [9.17, 15) is 22.4 Å². The first-order chi connectivity index (χ1) is 13.7. The Labute approximate surface area is 171 Å². The maximum absolute atomic E-state index is 13.3. The van der Waals surface area contributed by atoms with Crippen molar-refractivity contribution in [3.05, 3.63) is 0 Å². The molecule has 3 aliphatic rings. The van der Waals surface area contributed by atoms with Gasteiger partial charge in [-0.05, 0) is 32.6 Å². The zero-order chi connectivity index (χ0) is 21.0. The third-order valence-electron chi connectivity index (χ3n) is 5.31. The molecule has 2 aliphatic heterocycles. The number of aliphatic imine (C=N–C) groups is 1. The largest absolute Gasteiger partial charge is 0.405 e. The number of nitrogens with zero attached hydrogens (tertiary/aromatic N) is 1. The van der Waals surface area contributed by atoms with Crippen molar-refractivity contribution in [2.75, 3.05) is 12.3 Å². The summed E-state index contributed by atoms with van der Waals surface area (Å²) in [5.41, 5.74) is 4.77. The van der Waals surface area contributed by atoms with Crippen molar-refractivity contribution in [2.45, 2.75) is 75.0 Å². The molecular weight excluding hydrogens is 412 g/mol. The molecule has 3 fully saturated rings. The number of thioether (sulfide) groups is 1. The highest BCUT2D eigenvalue weighted by Gasteiger charge is 2.44. The molecule has 4 unspecified atom stereocenters. The first-order valence-corrected chi connectivity index (χ1v) is 11.0. The zero-order valence-electron chi connectivity index (χ0n) is 16.2. The molecule has 0 aromatic rings. The third kappa shape index (κ3) is 6.69. The lowest BCUT2D eigenvalue weighted by atomic mass is 9.87. The number of halogens is 4. The number of alkyl halides is 4. The lowest BCUT2D eigenvalue weighted by molar-refractivity contribution is -0.153. The Kier molecular flexibility index (Phi) is 7.63. The normalized spacial score (nSPS) is 36.2. The minimum absolute atomic E-state index is 0.0817. The average Bonchev–Trinajstić information content (AvgIpc) is 3.29. The van der Waals surface area contributed by atoms with Crippen LogP contribution in [0.5, 0.6) is 0 Å². The molecule has 12 heteroatoms. The second kappa shape index (κ2) is 9.80. The fraction of sp³-hybridized carbons (Fsp3) is 0.882. The fourth-order valence-corrected chi connectivity index (χ4v) is 4.76. The first-order valence-electron chi connectivity index (χ1n) is 9.92. The van der Waals surface area contributed by atoms with Crippen LogP contribution in [0.4, 0.5) is 17.6 Å². The molecule has 0 spiro atoms. The van der Waals surface area contributed by atoms with Gasteiger partial charge in [-0.3, -0.25) is 15.1 Å². The maximum atomic E-state index is 13.3. The van der Waals surface area contributed by atoms with Gasteiger partial charge in [0.25, 0.3) is 0 Å². The molecule has 4 atom stereocenters. The van der Waals surface area contributed by atoms with Crippen LogP contribution in [0, 0.1) is 5.92 Å². The van der Waals surface area contributed by atoms with E-state index >= 15 is 0 Å². The Hall–Kier alpha value is -1.11. The van der Waals surface area contributed by atoms with Crippen LogP contribution in [0.25, 0.3) is 0 Å². The van der Waals surface area contributed by atoms with Crippen LogP contribution < -0.4 is 26.8 Å². The number of hydrogen-bond donors (Lipinski definition) is 5. The number of carbonyl (C=O) groups excluding carboxylic acids is 1. The predicted octanol–water partition coefficient (Wildman–Crippen LogP) is 1.38. The van der Waals surface area contributed by atoms with Gasteiger partial charge < -0.3 is 10.6 Å². The summed E-state index contributed by atoms with van der Waals surface area (Å²) < 4.78 is 51.9. The van der Waals surface area contributed by atoms with Crippen molar-refractivity contribution < 1.29 is 22.4 Å². The average molecular weight is 441 g/mol. The van der Waals surface area contributed by atoms with Crippen molar-refractivity contribution in [1.29, 1.82) is 0 Å². The molecule has 1 amide bonds. The molecule has 29 heavy (non-hydrogen) atoms. The Morgan fingerprint density at radius 1 is 1.21 bits per heavy atom. The van der Waals surface area contributed by atoms with Crippen LogP contribution in [0.3, 0.4) is 0 Å². The second-order valence-electron chi connectivity index (χ2n) is 7.83. The summed E-state index contributed by atoms with van der Waals surface area (Å²) in [5.74, 6) is 0.497. The van der Waals surface area contributed by atoms with Crippen LogP contribution >= 0.6 is 11.8 Å². The van der Waals surface area contributed by atoms with Crippen LogP contribution in [-0.2, 0) is 4.79 Å². The zero-order valence-corrected chi connectivity index (χ0v) is 17.0. The van der Waals surface area contributed by atoms with Crippen LogP contribution in [0.2, 0.25) is 0 Å². The van der Waals surface area contributed by atoms with Crippen molar-refractivity contribution in [3.63, 3.8) is 0 Å². The van der Waals surface area contributed by atoms with Gasteiger partial charge in [0.2, 0.25) is 5.91 Å². The molecule has 3 rings (SSSR count). The standard InChI is InChI=1S/C17H28F4N6OS/c1-9-8-29-14(23-9)7-22-16(24-13-6-12(26-27-13)17(19,20)21)25-15(28)10-2-4-11(18)5-3-10/h9-14,23,26-27H,2-8H2,1H3,(H2,22,24,25,28). The quantitative estimate of drug-likeness (QED) is 0.258. The molecule has 2 heterocycles. The Morgan fingerprint density at radius 2 is 1.93 bits per heavy atom. The Bertz CT molecular complexity index is 599. The van der Waals surface area contributed by atoms with E-state index in [2.05, 4.69) is 38.7 Å². The number of carbonyl (C=O) groups is 1. The van der Waals surface area contributed by atoms with Crippen molar-refractivity contribution >= 4 is 23.6 Å². The second-order valence-corrected chi connectivity index (χ2v) is 9.07. The van der Waals surface area contributed by atoms with Gasteiger partial charge in [-0.1, -0.05) is 0 Å². The number of hydrogen-bond acceptors (Lipinski definition) is 6. The number of hydrazine groups is 1. The SMILES string of the molecule is CC1CSC(CN=C(NC(=O)C2CCC(F)CC2)NC2CC(C(F)(F)F)NN2)N1. The number of rotatable bonds is 4. The van der Waals surface area contributed by atoms with Gasteiger partial charge in [-0.2, -0.15) is 13.2 Å². The van der Waals surface area contributed by atoms with Crippen LogP contribution in [0.15, 0.2) is 4.99 Å².